The third-order valence-electron chi connectivity index (χ3n) is 2.11. The molecule has 0 saturated carbocycles. The molecule has 0 aliphatic carbocycles. The maximum atomic E-state index is 13.2. The molecule has 0 saturated heterocycles. The zero-order chi connectivity index (χ0) is 13.3. The van der Waals surface area contributed by atoms with E-state index in [1.165, 1.54) is 11.3 Å². The average Bonchev–Trinajstić information content (AvgIpc) is 2.75. The summed E-state index contributed by atoms with van der Waals surface area (Å²) in [5.74, 6) is -0.670. The van der Waals surface area contributed by atoms with E-state index in [1.54, 1.807) is 16.8 Å². The Morgan fingerprint density at radius 3 is 2.72 bits per heavy atom. The van der Waals surface area contributed by atoms with Gasteiger partial charge in [0, 0.05) is 9.85 Å². The molecule has 0 bridgehead atoms. The van der Waals surface area contributed by atoms with Crippen molar-refractivity contribution in [2.24, 2.45) is 0 Å². The van der Waals surface area contributed by atoms with E-state index in [2.05, 4.69) is 20.7 Å². The van der Waals surface area contributed by atoms with Crippen molar-refractivity contribution in [2.45, 2.75) is 4.90 Å². The molecule has 1 aromatic heterocycles. The minimum absolute atomic E-state index is 0.104. The van der Waals surface area contributed by atoms with Gasteiger partial charge in [0.05, 0.1) is 11.4 Å². The fraction of sp³-hybridized carbons (Fsp3) is 0. The lowest BCUT2D eigenvalue weighted by atomic mass is 10.3. The van der Waals surface area contributed by atoms with Gasteiger partial charge in [-0.2, -0.15) is 11.3 Å². The summed E-state index contributed by atoms with van der Waals surface area (Å²) in [6, 6.07) is 3.73. The van der Waals surface area contributed by atoms with Crippen molar-refractivity contribution < 1.29 is 12.8 Å². The van der Waals surface area contributed by atoms with E-state index in [4.69, 9.17) is 5.73 Å². The summed E-state index contributed by atoms with van der Waals surface area (Å²) in [5.41, 5.74) is 5.61. The summed E-state index contributed by atoms with van der Waals surface area (Å²) < 4.78 is 39.8. The van der Waals surface area contributed by atoms with Crippen LogP contribution in [0.5, 0.6) is 0 Å². The molecule has 4 nitrogen and oxygen atoms in total. The van der Waals surface area contributed by atoms with E-state index >= 15 is 0 Å². The molecule has 1 heterocycles. The Hall–Kier alpha value is -1.12. The van der Waals surface area contributed by atoms with Gasteiger partial charge < -0.3 is 5.73 Å². The molecule has 0 fully saturated rings. The van der Waals surface area contributed by atoms with Crippen molar-refractivity contribution in [1.82, 2.24) is 0 Å². The Balaban J connectivity index is 2.44. The van der Waals surface area contributed by atoms with Crippen molar-refractivity contribution in [3.05, 3.63) is 39.2 Å². The second kappa shape index (κ2) is 4.87. The topological polar surface area (TPSA) is 72.2 Å². The van der Waals surface area contributed by atoms with Gasteiger partial charge in [0.2, 0.25) is 0 Å². The predicted molar refractivity (Wildman–Crippen MR) is 73.6 cm³/mol. The number of benzene rings is 1. The van der Waals surface area contributed by atoms with Gasteiger partial charge in [-0.3, -0.25) is 4.72 Å². The van der Waals surface area contributed by atoms with Crippen LogP contribution >= 0.6 is 27.3 Å². The average molecular weight is 351 g/mol. The fourth-order valence-electron chi connectivity index (χ4n) is 1.28. The predicted octanol–water partition coefficient (Wildman–Crippen LogP) is 3.03. The number of sulfonamides is 1. The van der Waals surface area contributed by atoms with Crippen LogP contribution in [0.2, 0.25) is 0 Å². The number of anilines is 2. The third-order valence-corrected chi connectivity index (χ3v) is 5.14. The maximum absolute atomic E-state index is 13.2. The summed E-state index contributed by atoms with van der Waals surface area (Å²) in [4.78, 5) is -0.104. The van der Waals surface area contributed by atoms with Crippen molar-refractivity contribution in [2.75, 3.05) is 10.5 Å². The molecule has 2 rings (SSSR count). The number of nitrogens with one attached hydrogen (secondary N) is 1. The molecule has 0 spiro atoms. The monoisotopic (exact) mass is 350 g/mol. The first-order chi connectivity index (χ1) is 8.40. The van der Waals surface area contributed by atoms with Gasteiger partial charge in [0.25, 0.3) is 10.0 Å². The number of thiophene rings is 1. The van der Waals surface area contributed by atoms with Crippen LogP contribution in [0.1, 0.15) is 0 Å². The van der Waals surface area contributed by atoms with Crippen LogP contribution in [-0.4, -0.2) is 8.42 Å². The molecule has 0 radical (unpaired) electrons. The van der Waals surface area contributed by atoms with E-state index in [0.29, 0.717) is 5.69 Å². The highest BCUT2D eigenvalue weighted by atomic mass is 79.9. The van der Waals surface area contributed by atoms with Gasteiger partial charge in [0.1, 0.15) is 10.7 Å². The Morgan fingerprint density at radius 2 is 2.11 bits per heavy atom. The number of nitrogen functional groups attached to an aromatic ring is 1. The van der Waals surface area contributed by atoms with Crippen molar-refractivity contribution >= 4 is 48.7 Å². The van der Waals surface area contributed by atoms with Crippen molar-refractivity contribution in [3.8, 4) is 0 Å². The van der Waals surface area contributed by atoms with Gasteiger partial charge in [0.15, 0.2) is 0 Å². The summed E-state index contributed by atoms with van der Waals surface area (Å²) >= 11 is 4.37. The molecular formula is C10H8BrFN2O2S2. The standard InChI is InChI=1S/C10H8BrFN2O2S2/c11-7-3-8(12)9(13)4-10(7)18(15,16)14-6-1-2-17-5-6/h1-5,14H,13H2. The van der Waals surface area contributed by atoms with E-state index in [0.717, 1.165) is 12.1 Å². The Labute approximate surface area is 116 Å². The van der Waals surface area contributed by atoms with Crippen molar-refractivity contribution in [1.29, 1.82) is 0 Å². The number of halogens is 2. The molecule has 0 atom stereocenters. The lowest BCUT2D eigenvalue weighted by Gasteiger charge is -2.09. The molecule has 1 aromatic carbocycles. The summed E-state index contributed by atoms with van der Waals surface area (Å²) in [6.45, 7) is 0. The second-order valence-electron chi connectivity index (χ2n) is 3.42. The van der Waals surface area contributed by atoms with Gasteiger partial charge in [-0.05, 0) is 39.5 Å². The van der Waals surface area contributed by atoms with Crippen LogP contribution in [0.3, 0.4) is 0 Å². The molecule has 0 aliphatic rings. The maximum Gasteiger partial charge on any atom is 0.263 e. The quantitative estimate of drug-likeness (QED) is 0.835. The number of nitrogens with two attached hydrogens (primary N) is 1. The lowest BCUT2D eigenvalue weighted by Crippen LogP contribution is -2.13. The number of hydrogen-bond donors (Lipinski definition) is 2. The SMILES string of the molecule is Nc1cc(S(=O)(=O)Nc2ccsc2)c(Br)cc1F. The highest BCUT2D eigenvalue weighted by Crippen LogP contribution is 2.28. The molecule has 0 amide bonds. The van der Waals surface area contributed by atoms with E-state index in [-0.39, 0.29) is 15.1 Å². The second-order valence-corrected chi connectivity index (χ2v) is 6.71. The Bertz CT molecular complexity index is 671. The van der Waals surface area contributed by atoms with E-state index in [1.807, 2.05) is 0 Å². The smallest absolute Gasteiger partial charge is 0.263 e. The van der Waals surface area contributed by atoms with E-state index < -0.39 is 15.8 Å². The lowest BCUT2D eigenvalue weighted by molar-refractivity contribution is 0.599. The highest BCUT2D eigenvalue weighted by molar-refractivity contribution is 9.10. The minimum atomic E-state index is -3.79. The Kier molecular flexibility index (Phi) is 3.60. The molecule has 96 valence electrons. The molecule has 0 unspecified atom stereocenters. The molecule has 3 N–H and O–H groups in total. The molecular weight excluding hydrogens is 343 g/mol. The number of rotatable bonds is 3. The largest absolute Gasteiger partial charge is 0.396 e. The molecule has 0 aliphatic heterocycles. The normalized spacial score (nSPS) is 11.4. The van der Waals surface area contributed by atoms with Crippen LogP contribution in [0, 0.1) is 5.82 Å². The first-order valence-electron chi connectivity index (χ1n) is 4.70. The first kappa shape index (κ1) is 13.3. The zero-order valence-electron chi connectivity index (χ0n) is 8.85. The zero-order valence-corrected chi connectivity index (χ0v) is 12.1. The molecule has 8 heteroatoms. The third kappa shape index (κ3) is 2.65. The van der Waals surface area contributed by atoms with Gasteiger partial charge in [-0.15, -0.1) is 0 Å². The van der Waals surface area contributed by atoms with Gasteiger partial charge in [-0.25, -0.2) is 12.8 Å². The van der Waals surface area contributed by atoms with Crippen LogP contribution in [-0.2, 0) is 10.0 Å². The molecule has 2 aromatic rings. The van der Waals surface area contributed by atoms with Crippen LogP contribution < -0.4 is 10.5 Å². The summed E-state index contributed by atoms with van der Waals surface area (Å²) in [5, 5.41) is 3.39. The number of hydrogen-bond acceptors (Lipinski definition) is 4. The minimum Gasteiger partial charge on any atom is -0.396 e. The van der Waals surface area contributed by atoms with Gasteiger partial charge >= 0.3 is 0 Å². The van der Waals surface area contributed by atoms with Gasteiger partial charge in [-0.1, -0.05) is 0 Å². The van der Waals surface area contributed by atoms with E-state index in [9.17, 15) is 12.8 Å². The highest BCUT2D eigenvalue weighted by Gasteiger charge is 2.20. The summed E-state index contributed by atoms with van der Waals surface area (Å²) in [6.07, 6.45) is 0. The molecule has 18 heavy (non-hydrogen) atoms. The first-order valence-corrected chi connectivity index (χ1v) is 7.91. The van der Waals surface area contributed by atoms with Crippen molar-refractivity contribution in [3.63, 3.8) is 0 Å². The Morgan fingerprint density at radius 1 is 1.39 bits per heavy atom. The fourth-order valence-corrected chi connectivity index (χ4v) is 4.05. The van der Waals surface area contributed by atoms with Crippen LogP contribution in [0.4, 0.5) is 15.8 Å². The van der Waals surface area contributed by atoms with Crippen LogP contribution in [0.15, 0.2) is 38.3 Å². The summed E-state index contributed by atoms with van der Waals surface area (Å²) in [7, 11) is -3.79. The van der Waals surface area contributed by atoms with Crippen LogP contribution in [0.25, 0.3) is 0 Å².